The summed E-state index contributed by atoms with van der Waals surface area (Å²) in [5, 5.41) is 5.91. The summed E-state index contributed by atoms with van der Waals surface area (Å²) in [7, 11) is 0. The van der Waals surface area contributed by atoms with Gasteiger partial charge in [0, 0.05) is 23.7 Å². The molecule has 0 aromatic heterocycles. The monoisotopic (exact) mass is 368 g/mol. The Morgan fingerprint density at radius 3 is 2.30 bits per heavy atom. The number of hydrogen-bond donors (Lipinski definition) is 2. The van der Waals surface area contributed by atoms with Crippen molar-refractivity contribution >= 4 is 11.8 Å². The molecule has 1 aliphatic rings. The lowest BCUT2D eigenvalue weighted by Crippen LogP contribution is -2.36. The second kappa shape index (κ2) is 9.31. The van der Waals surface area contributed by atoms with E-state index in [1.165, 1.54) is 18.6 Å². The zero-order valence-electron chi connectivity index (χ0n) is 15.3. The van der Waals surface area contributed by atoms with E-state index in [4.69, 9.17) is 0 Å². The number of rotatable bonds is 6. The van der Waals surface area contributed by atoms with Crippen molar-refractivity contribution < 1.29 is 14.0 Å². The Labute approximate surface area is 159 Å². The molecule has 2 N–H and O–H groups in total. The van der Waals surface area contributed by atoms with Crippen LogP contribution in [0.5, 0.6) is 0 Å². The fourth-order valence-corrected chi connectivity index (χ4v) is 3.39. The van der Waals surface area contributed by atoms with Crippen LogP contribution in [0, 0.1) is 5.82 Å². The van der Waals surface area contributed by atoms with E-state index in [1.807, 2.05) is 0 Å². The summed E-state index contributed by atoms with van der Waals surface area (Å²) in [6.45, 7) is 0.447. The lowest BCUT2D eigenvalue weighted by Gasteiger charge is -2.22. The predicted octanol–water partition coefficient (Wildman–Crippen LogP) is 3.86. The van der Waals surface area contributed by atoms with Crippen LogP contribution in [-0.2, 0) is 6.42 Å². The standard InChI is InChI=1S/C22H25FN2O2/c23-19-11-9-16(10-12-19)13-14-24-21(26)17-5-4-6-18(15-17)22(27)25-20-7-2-1-3-8-20/h4-6,9-12,15,20H,1-3,7-8,13-14H2,(H,24,26)(H,25,27). The molecule has 2 aromatic carbocycles. The van der Waals surface area contributed by atoms with E-state index < -0.39 is 0 Å². The summed E-state index contributed by atoms with van der Waals surface area (Å²) in [6, 6.07) is 13.3. The average Bonchev–Trinajstić information content (AvgIpc) is 2.70. The minimum atomic E-state index is -0.272. The molecule has 0 unspecified atom stereocenters. The van der Waals surface area contributed by atoms with E-state index >= 15 is 0 Å². The molecule has 0 atom stereocenters. The van der Waals surface area contributed by atoms with Gasteiger partial charge in [0.05, 0.1) is 0 Å². The number of nitrogens with one attached hydrogen (secondary N) is 2. The van der Waals surface area contributed by atoms with Crippen LogP contribution < -0.4 is 10.6 Å². The topological polar surface area (TPSA) is 58.2 Å². The van der Waals surface area contributed by atoms with Gasteiger partial charge in [0.25, 0.3) is 11.8 Å². The van der Waals surface area contributed by atoms with E-state index in [0.29, 0.717) is 24.1 Å². The van der Waals surface area contributed by atoms with Gasteiger partial charge in [-0.15, -0.1) is 0 Å². The largest absolute Gasteiger partial charge is 0.352 e. The number of halogens is 1. The van der Waals surface area contributed by atoms with Crippen LogP contribution in [-0.4, -0.2) is 24.4 Å². The van der Waals surface area contributed by atoms with Gasteiger partial charge in [-0.3, -0.25) is 9.59 Å². The Hall–Kier alpha value is -2.69. The first-order chi connectivity index (χ1) is 13.1. The molecule has 0 spiro atoms. The maximum absolute atomic E-state index is 12.9. The molecule has 2 amide bonds. The first-order valence-corrected chi connectivity index (χ1v) is 9.55. The Bertz CT molecular complexity index is 783. The van der Waals surface area contributed by atoms with E-state index in [9.17, 15) is 14.0 Å². The van der Waals surface area contributed by atoms with Gasteiger partial charge in [-0.25, -0.2) is 4.39 Å². The molecule has 142 valence electrons. The van der Waals surface area contributed by atoms with E-state index in [-0.39, 0.29) is 23.7 Å². The van der Waals surface area contributed by atoms with Crippen molar-refractivity contribution in [1.29, 1.82) is 0 Å². The van der Waals surface area contributed by atoms with Gasteiger partial charge >= 0.3 is 0 Å². The van der Waals surface area contributed by atoms with Crippen molar-refractivity contribution in [3.05, 3.63) is 71.0 Å². The van der Waals surface area contributed by atoms with Crippen LogP contribution in [0.2, 0.25) is 0 Å². The molecule has 1 aliphatic carbocycles. The SMILES string of the molecule is O=C(NCCc1ccc(F)cc1)c1cccc(C(=O)NC2CCCCC2)c1. The Balaban J connectivity index is 1.53. The van der Waals surface area contributed by atoms with Crippen LogP contribution in [0.25, 0.3) is 0 Å². The highest BCUT2D eigenvalue weighted by molar-refractivity contribution is 5.99. The Morgan fingerprint density at radius 1 is 0.926 bits per heavy atom. The summed E-state index contributed by atoms with van der Waals surface area (Å²) >= 11 is 0. The lowest BCUT2D eigenvalue weighted by molar-refractivity contribution is 0.0927. The second-order valence-electron chi connectivity index (χ2n) is 7.02. The van der Waals surface area contributed by atoms with E-state index in [0.717, 1.165) is 31.2 Å². The first-order valence-electron chi connectivity index (χ1n) is 9.55. The molecule has 27 heavy (non-hydrogen) atoms. The predicted molar refractivity (Wildman–Crippen MR) is 103 cm³/mol. The van der Waals surface area contributed by atoms with Gasteiger partial charge in [-0.2, -0.15) is 0 Å². The Morgan fingerprint density at radius 2 is 1.59 bits per heavy atom. The fourth-order valence-electron chi connectivity index (χ4n) is 3.39. The normalized spacial score (nSPS) is 14.6. The molecule has 0 bridgehead atoms. The maximum Gasteiger partial charge on any atom is 0.251 e. The molecule has 0 heterocycles. The minimum Gasteiger partial charge on any atom is -0.352 e. The van der Waals surface area contributed by atoms with Crippen LogP contribution in [0.15, 0.2) is 48.5 Å². The molecule has 1 saturated carbocycles. The summed E-state index contributed by atoms with van der Waals surface area (Å²) in [5.41, 5.74) is 1.93. The number of benzene rings is 2. The zero-order valence-corrected chi connectivity index (χ0v) is 15.3. The Kier molecular flexibility index (Phi) is 6.58. The molecule has 2 aromatic rings. The third-order valence-corrected chi connectivity index (χ3v) is 4.94. The van der Waals surface area contributed by atoms with Gasteiger partial charge < -0.3 is 10.6 Å². The smallest absolute Gasteiger partial charge is 0.251 e. The van der Waals surface area contributed by atoms with Gasteiger partial charge in [-0.1, -0.05) is 37.5 Å². The van der Waals surface area contributed by atoms with Crippen molar-refractivity contribution in [2.45, 2.75) is 44.6 Å². The van der Waals surface area contributed by atoms with Crippen molar-refractivity contribution in [2.75, 3.05) is 6.54 Å². The first kappa shape index (κ1) is 19.1. The highest BCUT2D eigenvalue weighted by Crippen LogP contribution is 2.18. The molecule has 3 rings (SSSR count). The van der Waals surface area contributed by atoms with Gasteiger partial charge in [0.1, 0.15) is 5.82 Å². The van der Waals surface area contributed by atoms with Gasteiger partial charge in [-0.05, 0) is 55.2 Å². The molecule has 5 heteroatoms. The summed E-state index contributed by atoms with van der Waals surface area (Å²) in [5.74, 6) is -0.613. The molecule has 0 aliphatic heterocycles. The number of hydrogen-bond acceptors (Lipinski definition) is 2. The third kappa shape index (κ3) is 5.64. The van der Waals surface area contributed by atoms with E-state index in [1.54, 1.807) is 36.4 Å². The highest BCUT2D eigenvalue weighted by atomic mass is 19.1. The molecule has 0 radical (unpaired) electrons. The zero-order chi connectivity index (χ0) is 19.1. The van der Waals surface area contributed by atoms with E-state index in [2.05, 4.69) is 10.6 Å². The summed E-state index contributed by atoms with van der Waals surface area (Å²) < 4.78 is 12.9. The quantitative estimate of drug-likeness (QED) is 0.813. The molecule has 1 fully saturated rings. The highest BCUT2D eigenvalue weighted by Gasteiger charge is 2.17. The van der Waals surface area contributed by atoms with Crippen molar-refractivity contribution in [3.63, 3.8) is 0 Å². The van der Waals surface area contributed by atoms with Gasteiger partial charge in [0.15, 0.2) is 0 Å². The van der Waals surface area contributed by atoms with Crippen LogP contribution >= 0.6 is 0 Å². The fraction of sp³-hybridized carbons (Fsp3) is 0.364. The minimum absolute atomic E-state index is 0.122. The number of amides is 2. The molecular weight excluding hydrogens is 343 g/mol. The molecule has 0 saturated heterocycles. The maximum atomic E-state index is 12.9. The summed E-state index contributed by atoms with van der Waals surface area (Å²) in [6.07, 6.45) is 6.21. The molecule has 4 nitrogen and oxygen atoms in total. The van der Waals surface area contributed by atoms with Crippen LogP contribution in [0.3, 0.4) is 0 Å². The summed E-state index contributed by atoms with van der Waals surface area (Å²) in [4.78, 5) is 24.8. The van der Waals surface area contributed by atoms with Gasteiger partial charge in [0.2, 0.25) is 0 Å². The van der Waals surface area contributed by atoms with Crippen molar-refractivity contribution in [3.8, 4) is 0 Å². The number of carbonyl (C=O) groups excluding carboxylic acids is 2. The molecular formula is C22H25FN2O2. The van der Waals surface area contributed by atoms with Crippen LogP contribution in [0.4, 0.5) is 4.39 Å². The third-order valence-electron chi connectivity index (χ3n) is 4.94. The second-order valence-corrected chi connectivity index (χ2v) is 7.02. The lowest BCUT2D eigenvalue weighted by atomic mass is 9.95. The van der Waals surface area contributed by atoms with Crippen LogP contribution in [0.1, 0.15) is 58.4 Å². The number of carbonyl (C=O) groups is 2. The average molecular weight is 368 g/mol. The van der Waals surface area contributed by atoms with Crippen molar-refractivity contribution in [2.24, 2.45) is 0 Å². The van der Waals surface area contributed by atoms with Crippen molar-refractivity contribution in [1.82, 2.24) is 10.6 Å².